The first-order chi connectivity index (χ1) is 14.3. The molecule has 0 aliphatic heterocycles. The van der Waals surface area contributed by atoms with Crippen molar-refractivity contribution in [3.05, 3.63) is 52.0 Å². The molecule has 2 N–H and O–H groups in total. The summed E-state index contributed by atoms with van der Waals surface area (Å²) in [4.78, 5) is 24.2. The molecule has 0 aliphatic carbocycles. The number of esters is 1. The van der Waals surface area contributed by atoms with Crippen molar-refractivity contribution in [3.63, 3.8) is 0 Å². The summed E-state index contributed by atoms with van der Waals surface area (Å²) in [7, 11) is -2.67. The highest BCUT2D eigenvalue weighted by molar-refractivity contribution is 7.89. The van der Waals surface area contributed by atoms with Crippen LogP contribution in [0.25, 0.3) is 0 Å². The maximum Gasteiger partial charge on any atom is 0.338 e. The number of hydrogen-bond donors (Lipinski definition) is 2. The third kappa shape index (κ3) is 7.10. The summed E-state index contributed by atoms with van der Waals surface area (Å²) in [5.41, 5.74) is -0.551. The molecule has 2 aromatic carbocycles. The highest BCUT2D eigenvalue weighted by Gasteiger charge is 2.26. The molecule has 8 nitrogen and oxygen atoms in total. The molecule has 0 radical (unpaired) electrons. The molecule has 2 rings (SSSR count). The van der Waals surface area contributed by atoms with Crippen LogP contribution in [0.2, 0.25) is 10.0 Å². The maximum absolute atomic E-state index is 12.7. The van der Waals surface area contributed by atoms with E-state index in [9.17, 15) is 18.0 Å². The number of halogens is 2. The zero-order chi connectivity index (χ0) is 23.4. The van der Waals surface area contributed by atoms with Gasteiger partial charge in [-0.3, -0.25) is 4.79 Å². The normalized spacial score (nSPS) is 11.7. The molecule has 0 spiro atoms. The number of sulfonamides is 1. The van der Waals surface area contributed by atoms with Crippen molar-refractivity contribution in [2.24, 2.45) is 0 Å². The molecule has 0 fully saturated rings. The summed E-state index contributed by atoms with van der Waals surface area (Å²) in [5.74, 6) is -1.47. The van der Waals surface area contributed by atoms with Crippen molar-refractivity contribution in [1.82, 2.24) is 4.72 Å². The second-order valence-electron chi connectivity index (χ2n) is 7.47. The van der Waals surface area contributed by atoms with Crippen LogP contribution in [-0.2, 0) is 19.6 Å². The third-order valence-electron chi connectivity index (χ3n) is 3.67. The molecule has 11 heteroatoms. The second kappa shape index (κ2) is 9.86. The van der Waals surface area contributed by atoms with Gasteiger partial charge in [-0.1, -0.05) is 23.2 Å². The van der Waals surface area contributed by atoms with Crippen molar-refractivity contribution < 1.29 is 27.5 Å². The summed E-state index contributed by atoms with van der Waals surface area (Å²) in [6.07, 6.45) is 0. The largest absolute Gasteiger partial charge is 0.495 e. The number of nitrogens with one attached hydrogen (secondary N) is 2. The number of hydrogen-bond acceptors (Lipinski definition) is 6. The van der Waals surface area contributed by atoms with Crippen LogP contribution >= 0.6 is 23.2 Å². The lowest BCUT2D eigenvalue weighted by Crippen LogP contribution is -2.40. The number of carbonyl (C=O) groups is 2. The van der Waals surface area contributed by atoms with Crippen LogP contribution in [0.4, 0.5) is 5.69 Å². The van der Waals surface area contributed by atoms with Gasteiger partial charge >= 0.3 is 5.97 Å². The second-order valence-corrected chi connectivity index (χ2v) is 9.96. The van der Waals surface area contributed by atoms with Crippen LogP contribution in [0.3, 0.4) is 0 Å². The Hall–Kier alpha value is -2.33. The van der Waals surface area contributed by atoms with Gasteiger partial charge in [0.05, 0.1) is 23.4 Å². The lowest BCUT2D eigenvalue weighted by atomic mass is 10.1. The predicted molar refractivity (Wildman–Crippen MR) is 118 cm³/mol. The van der Waals surface area contributed by atoms with Crippen molar-refractivity contribution in [1.29, 1.82) is 0 Å². The Morgan fingerprint density at radius 2 is 1.74 bits per heavy atom. The molecule has 0 atom stereocenters. The van der Waals surface area contributed by atoms with Gasteiger partial charge in [0.15, 0.2) is 6.61 Å². The van der Waals surface area contributed by atoms with Gasteiger partial charge in [-0.25, -0.2) is 17.9 Å². The molecule has 0 saturated carbocycles. The van der Waals surface area contributed by atoms with E-state index in [4.69, 9.17) is 32.7 Å². The summed E-state index contributed by atoms with van der Waals surface area (Å²) in [5, 5.41) is 3.11. The Morgan fingerprint density at radius 1 is 1.06 bits per heavy atom. The number of amides is 1. The smallest absolute Gasteiger partial charge is 0.338 e. The van der Waals surface area contributed by atoms with Gasteiger partial charge in [-0.2, -0.15) is 0 Å². The van der Waals surface area contributed by atoms with Gasteiger partial charge in [0.2, 0.25) is 10.0 Å². The number of anilines is 1. The minimum atomic E-state index is -3.99. The maximum atomic E-state index is 12.7. The van der Waals surface area contributed by atoms with Gasteiger partial charge in [0.1, 0.15) is 10.6 Å². The van der Waals surface area contributed by atoms with E-state index in [1.54, 1.807) is 26.8 Å². The quantitative estimate of drug-likeness (QED) is 0.572. The first kappa shape index (κ1) is 24.9. The van der Waals surface area contributed by atoms with E-state index < -0.39 is 34.0 Å². The minimum Gasteiger partial charge on any atom is -0.495 e. The van der Waals surface area contributed by atoms with Crippen molar-refractivity contribution in [2.75, 3.05) is 19.0 Å². The van der Waals surface area contributed by atoms with Crippen LogP contribution in [-0.4, -0.2) is 39.5 Å². The fraction of sp³-hybridized carbons (Fsp3) is 0.300. The zero-order valence-electron chi connectivity index (χ0n) is 17.3. The Labute approximate surface area is 190 Å². The molecular weight excluding hydrogens is 467 g/mol. The first-order valence-electron chi connectivity index (χ1n) is 8.96. The average Bonchev–Trinajstić information content (AvgIpc) is 2.66. The molecule has 0 saturated heterocycles. The molecule has 1 amide bonds. The molecule has 0 heterocycles. The van der Waals surface area contributed by atoms with E-state index in [2.05, 4.69) is 10.0 Å². The van der Waals surface area contributed by atoms with Crippen molar-refractivity contribution >= 4 is 50.8 Å². The fourth-order valence-electron chi connectivity index (χ4n) is 2.47. The SMILES string of the molecule is COc1ccc(C(=O)OCC(=O)Nc2cc(Cl)ccc2Cl)cc1S(=O)(=O)NC(C)(C)C. The van der Waals surface area contributed by atoms with Crippen molar-refractivity contribution in [3.8, 4) is 5.75 Å². The third-order valence-corrected chi connectivity index (χ3v) is 6.01. The topological polar surface area (TPSA) is 111 Å². The average molecular weight is 489 g/mol. The molecule has 31 heavy (non-hydrogen) atoms. The predicted octanol–water partition coefficient (Wildman–Crippen LogP) is 3.87. The number of carbonyl (C=O) groups excluding carboxylic acids is 2. The van der Waals surface area contributed by atoms with E-state index in [-0.39, 0.29) is 26.9 Å². The van der Waals surface area contributed by atoms with E-state index in [0.29, 0.717) is 5.02 Å². The standard InChI is InChI=1S/C20H22Cl2N2O6S/c1-20(2,3)24-31(27,28)17-9-12(5-8-16(17)29-4)19(26)30-11-18(25)23-15-10-13(21)6-7-14(15)22/h5-10,24H,11H2,1-4H3,(H,23,25). The number of methoxy groups -OCH3 is 1. The summed E-state index contributed by atoms with van der Waals surface area (Å²) in [6, 6.07) is 8.32. The van der Waals surface area contributed by atoms with E-state index in [0.717, 1.165) is 6.07 Å². The van der Waals surface area contributed by atoms with E-state index in [1.807, 2.05) is 0 Å². The van der Waals surface area contributed by atoms with Gasteiger partial charge in [0.25, 0.3) is 5.91 Å². The van der Waals surface area contributed by atoms with Gasteiger partial charge in [0, 0.05) is 10.6 Å². The van der Waals surface area contributed by atoms with Crippen molar-refractivity contribution in [2.45, 2.75) is 31.2 Å². The molecule has 2 aromatic rings. The Bertz CT molecular complexity index is 1100. The Kier molecular flexibility index (Phi) is 7.93. The van der Waals surface area contributed by atoms with Gasteiger partial charge in [-0.05, 0) is 57.2 Å². The van der Waals surface area contributed by atoms with Crippen LogP contribution < -0.4 is 14.8 Å². The number of benzene rings is 2. The summed E-state index contributed by atoms with van der Waals surface area (Å²) in [6.45, 7) is 4.43. The molecule has 0 aliphatic rings. The lowest BCUT2D eigenvalue weighted by molar-refractivity contribution is -0.119. The molecule has 0 bridgehead atoms. The highest BCUT2D eigenvalue weighted by Crippen LogP contribution is 2.27. The molecular formula is C20H22Cl2N2O6S. The minimum absolute atomic E-state index is 0.0571. The fourth-order valence-corrected chi connectivity index (χ4v) is 4.42. The first-order valence-corrected chi connectivity index (χ1v) is 11.2. The van der Waals surface area contributed by atoms with Crippen LogP contribution in [0.1, 0.15) is 31.1 Å². The molecule has 168 valence electrons. The van der Waals surface area contributed by atoms with Crippen LogP contribution in [0.5, 0.6) is 5.75 Å². The van der Waals surface area contributed by atoms with E-state index >= 15 is 0 Å². The van der Waals surface area contributed by atoms with Crippen LogP contribution in [0.15, 0.2) is 41.3 Å². The highest BCUT2D eigenvalue weighted by atomic mass is 35.5. The van der Waals surface area contributed by atoms with Crippen LogP contribution in [0, 0.1) is 0 Å². The monoisotopic (exact) mass is 488 g/mol. The zero-order valence-corrected chi connectivity index (χ0v) is 19.6. The number of rotatable bonds is 7. The molecule has 0 unspecified atom stereocenters. The van der Waals surface area contributed by atoms with Gasteiger partial charge < -0.3 is 14.8 Å². The Balaban J connectivity index is 2.15. The molecule has 0 aromatic heterocycles. The Morgan fingerprint density at radius 3 is 2.35 bits per heavy atom. The summed E-state index contributed by atoms with van der Waals surface area (Å²) >= 11 is 11.8. The van der Waals surface area contributed by atoms with E-state index in [1.165, 1.54) is 31.4 Å². The number of ether oxygens (including phenoxy) is 2. The lowest BCUT2D eigenvalue weighted by Gasteiger charge is -2.21. The summed E-state index contributed by atoms with van der Waals surface area (Å²) < 4.78 is 38.0. The van der Waals surface area contributed by atoms with Gasteiger partial charge in [-0.15, -0.1) is 0 Å².